The van der Waals surface area contributed by atoms with Crippen LogP contribution >= 0.6 is 11.6 Å². The first-order valence-corrected chi connectivity index (χ1v) is 10.2. The lowest BCUT2D eigenvalue weighted by Crippen LogP contribution is -2.18. The molecule has 0 atom stereocenters. The zero-order chi connectivity index (χ0) is 17.5. The minimum absolute atomic E-state index is 0.279. The molecule has 0 aromatic rings. The van der Waals surface area contributed by atoms with Gasteiger partial charge in [-0.05, 0) is 61.9 Å². The molecule has 2 saturated carbocycles. The van der Waals surface area contributed by atoms with Crippen LogP contribution in [-0.2, 0) is 0 Å². The highest BCUT2D eigenvalue weighted by Gasteiger charge is 2.26. The third-order valence-electron chi connectivity index (χ3n) is 6.26. The number of allylic oxidation sites excluding steroid dienone is 5. The summed E-state index contributed by atoms with van der Waals surface area (Å²) >= 11 is 6.19. The molecule has 0 heterocycles. The summed E-state index contributed by atoms with van der Waals surface area (Å²) < 4.78 is 13.5. The molecular formula is C22H34ClF. The Morgan fingerprint density at radius 2 is 1.50 bits per heavy atom. The number of rotatable bonds is 6. The first-order valence-electron chi connectivity index (χ1n) is 9.86. The fourth-order valence-electron chi connectivity index (χ4n) is 4.57. The fraction of sp³-hybridized carbons (Fsp3) is 0.727. The van der Waals surface area contributed by atoms with E-state index in [1.54, 1.807) is 6.08 Å². The fourth-order valence-corrected chi connectivity index (χ4v) is 4.78. The Bertz CT molecular complexity index is 456. The van der Waals surface area contributed by atoms with E-state index < -0.39 is 0 Å². The smallest absolute Gasteiger partial charge is 0.116 e. The molecule has 2 aliphatic rings. The van der Waals surface area contributed by atoms with E-state index in [4.69, 9.17) is 11.6 Å². The van der Waals surface area contributed by atoms with E-state index >= 15 is 0 Å². The Kier molecular flexibility index (Phi) is 8.07. The Balaban J connectivity index is 1.79. The summed E-state index contributed by atoms with van der Waals surface area (Å²) in [7, 11) is 0. The van der Waals surface area contributed by atoms with Crippen molar-refractivity contribution in [2.24, 2.45) is 23.7 Å². The predicted molar refractivity (Wildman–Crippen MR) is 104 cm³/mol. The van der Waals surface area contributed by atoms with Crippen LogP contribution in [0.2, 0.25) is 0 Å². The lowest BCUT2D eigenvalue weighted by Gasteiger charge is -2.32. The average Bonchev–Trinajstić information content (AvgIpc) is 2.59. The molecule has 0 amide bonds. The molecule has 0 unspecified atom stereocenters. The summed E-state index contributed by atoms with van der Waals surface area (Å²) in [5, 5.41) is 0.301. The standard InChI is InChI=1S/C22H34ClF/c1-4-5-21(22(23)17(3)24)20-14-12-19(13-15-20)11-10-18-8-6-16(2)7-9-18/h4-5,16,18-20H,1,6-15H2,2-3H3/b21-5-,22-17-. The second kappa shape index (κ2) is 9.80. The van der Waals surface area contributed by atoms with Crippen molar-refractivity contribution in [3.63, 3.8) is 0 Å². The number of hydrogen-bond acceptors (Lipinski definition) is 0. The van der Waals surface area contributed by atoms with Gasteiger partial charge < -0.3 is 0 Å². The SMILES string of the molecule is C=C/C=C(\C(Cl)=C(/C)F)C1CCC(CCC2CCC(C)CC2)CC1. The quantitative estimate of drug-likeness (QED) is 0.425. The molecule has 0 radical (unpaired) electrons. The second-order valence-corrected chi connectivity index (χ2v) is 8.50. The molecule has 0 bridgehead atoms. The molecule has 0 N–H and O–H groups in total. The van der Waals surface area contributed by atoms with Crippen molar-refractivity contribution in [2.45, 2.75) is 78.1 Å². The molecule has 0 saturated heterocycles. The van der Waals surface area contributed by atoms with Crippen molar-refractivity contribution < 1.29 is 4.39 Å². The van der Waals surface area contributed by atoms with Crippen LogP contribution in [0.15, 0.2) is 35.2 Å². The van der Waals surface area contributed by atoms with E-state index in [2.05, 4.69) is 13.5 Å². The molecule has 2 fully saturated rings. The van der Waals surface area contributed by atoms with E-state index in [1.807, 2.05) is 6.08 Å². The van der Waals surface area contributed by atoms with Crippen molar-refractivity contribution >= 4 is 11.6 Å². The number of hydrogen-bond donors (Lipinski definition) is 0. The van der Waals surface area contributed by atoms with Crippen LogP contribution in [0.5, 0.6) is 0 Å². The largest absolute Gasteiger partial charge is 0.210 e. The van der Waals surface area contributed by atoms with Crippen molar-refractivity contribution in [3.05, 3.63) is 35.2 Å². The summed E-state index contributed by atoms with van der Waals surface area (Å²) in [6.07, 6.45) is 17.0. The van der Waals surface area contributed by atoms with Gasteiger partial charge in [0.2, 0.25) is 0 Å². The van der Waals surface area contributed by atoms with Crippen LogP contribution in [0.3, 0.4) is 0 Å². The van der Waals surface area contributed by atoms with Gasteiger partial charge in [-0.15, -0.1) is 0 Å². The molecule has 136 valence electrons. The van der Waals surface area contributed by atoms with Crippen LogP contribution in [0.4, 0.5) is 4.39 Å². The molecule has 2 aliphatic carbocycles. The highest BCUT2D eigenvalue weighted by molar-refractivity contribution is 6.32. The molecule has 0 aliphatic heterocycles. The van der Waals surface area contributed by atoms with Gasteiger partial charge in [-0.1, -0.05) is 75.8 Å². The van der Waals surface area contributed by atoms with Crippen molar-refractivity contribution in [3.8, 4) is 0 Å². The van der Waals surface area contributed by atoms with E-state index in [-0.39, 0.29) is 5.83 Å². The van der Waals surface area contributed by atoms with Gasteiger partial charge in [-0.2, -0.15) is 0 Å². The van der Waals surface area contributed by atoms with Gasteiger partial charge in [0, 0.05) is 0 Å². The van der Waals surface area contributed by atoms with Crippen molar-refractivity contribution in [2.75, 3.05) is 0 Å². The highest BCUT2D eigenvalue weighted by Crippen LogP contribution is 2.41. The van der Waals surface area contributed by atoms with E-state index in [9.17, 15) is 4.39 Å². The second-order valence-electron chi connectivity index (χ2n) is 8.13. The Labute approximate surface area is 153 Å². The van der Waals surface area contributed by atoms with Crippen LogP contribution < -0.4 is 0 Å². The maximum atomic E-state index is 13.5. The van der Waals surface area contributed by atoms with Crippen LogP contribution in [-0.4, -0.2) is 0 Å². The lowest BCUT2D eigenvalue weighted by molar-refractivity contribution is 0.231. The average molecular weight is 353 g/mol. The lowest BCUT2D eigenvalue weighted by atomic mass is 9.74. The molecule has 0 aromatic heterocycles. The molecule has 2 rings (SSSR count). The molecule has 0 aromatic carbocycles. The van der Waals surface area contributed by atoms with Crippen LogP contribution in [0, 0.1) is 23.7 Å². The Morgan fingerprint density at radius 3 is 1.96 bits per heavy atom. The molecule has 24 heavy (non-hydrogen) atoms. The zero-order valence-electron chi connectivity index (χ0n) is 15.5. The van der Waals surface area contributed by atoms with Crippen molar-refractivity contribution in [1.82, 2.24) is 0 Å². The minimum Gasteiger partial charge on any atom is -0.210 e. The van der Waals surface area contributed by atoms with Gasteiger partial charge in [0.1, 0.15) is 5.83 Å². The number of halogens is 2. The van der Waals surface area contributed by atoms with Crippen molar-refractivity contribution in [1.29, 1.82) is 0 Å². The third-order valence-corrected chi connectivity index (χ3v) is 6.74. The third kappa shape index (κ3) is 5.76. The van der Waals surface area contributed by atoms with Gasteiger partial charge in [-0.3, -0.25) is 0 Å². The predicted octanol–water partition coefficient (Wildman–Crippen LogP) is 7.95. The van der Waals surface area contributed by atoms with Crippen LogP contribution in [0.25, 0.3) is 0 Å². The van der Waals surface area contributed by atoms with Gasteiger partial charge >= 0.3 is 0 Å². The minimum atomic E-state index is -0.279. The van der Waals surface area contributed by atoms with E-state index in [0.29, 0.717) is 11.0 Å². The van der Waals surface area contributed by atoms with Gasteiger partial charge in [0.25, 0.3) is 0 Å². The first-order chi connectivity index (χ1) is 11.5. The van der Waals surface area contributed by atoms with Gasteiger partial charge in [0.15, 0.2) is 0 Å². The van der Waals surface area contributed by atoms with E-state index in [0.717, 1.165) is 36.2 Å². The summed E-state index contributed by atoms with van der Waals surface area (Å²) in [5.41, 5.74) is 0.950. The summed E-state index contributed by atoms with van der Waals surface area (Å²) in [4.78, 5) is 0. The van der Waals surface area contributed by atoms with Crippen LogP contribution in [0.1, 0.15) is 78.1 Å². The highest BCUT2D eigenvalue weighted by atomic mass is 35.5. The maximum Gasteiger partial charge on any atom is 0.116 e. The topological polar surface area (TPSA) is 0 Å². The monoisotopic (exact) mass is 352 g/mol. The zero-order valence-corrected chi connectivity index (χ0v) is 16.3. The maximum absolute atomic E-state index is 13.5. The Hall–Kier alpha value is -0.560. The molecule has 0 spiro atoms. The first kappa shape index (κ1) is 19.8. The van der Waals surface area contributed by atoms with Gasteiger partial charge in [-0.25, -0.2) is 4.39 Å². The van der Waals surface area contributed by atoms with E-state index in [1.165, 1.54) is 58.3 Å². The molecule has 0 nitrogen and oxygen atoms in total. The normalized spacial score (nSPS) is 33.1. The Morgan fingerprint density at radius 1 is 1.00 bits per heavy atom. The summed E-state index contributed by atoms with van der Waals surface area (Å²) in [6, 6.07) is 0. The summed E-state index contributed by atoms with van der Waals surface area (Å²) in [5.74, 6) is 2.90. The molecular weight excluding hydrogens is 319 g/mol. The summed E-state index contributed by atoms with van der Waals surface area (Å²) in [6.45, 7) is 7.59. The van der Waals surface area contributed by atoms with Gasteiger partial charge in [0.05, 0.1) is 5.03 Å². The molecule has 2 heteroatoms.